The molecule has 0 aliphatic heterocycles. The van der Waals surface area contributed by atoms with Gasteiger partial charge in [0.25, 0.3) is 11.8 Å². The maximum atomic E-state index is 14.8. The largest absolute Gasteiger partial charge is 0.398 e. The molecule has 1 aliphatic carbocycles. The Balaban J connectivity index is 1.67. The van der Waals surface area contributed by atoms with E-state index >= 15 is 0 Å². The predicted octanol–water partition coefficient (Wildman–Crippen LogP) is 2.79. The number of hydrogen-bond acceptors (Lipinski definition) is 6. The summed E-state index contributed by atoms with van der Waals surface area (Å²) in [6.45, 7) is 5.55. The normalized spacial score (nSPS) is 13.9. The number of amides is 2. The first-order chi connectivity index (χ1) is 17.0. The van der Waals surface area contributed by atoms with Crippen LogP contribution in [0.2, 0.25) is 0 Å². The van der Waals surface area contributed by atoms with Gasteiger partial charge in [0.2, 0.25) is 0 Å². The zero-order valence-corrected chi connectivity index (χ0v) is 21.3. The van der Waals surface area contributed by atoms with Gasteiger partial charge in [-0.2, -0.15) is 5.10 Å². The molecule has 186 valence electrons. The van der Waals surface area contributed by atoms with Gasteiger partial charge in [0, 0.05) is 34.6 Å². The molecular weight excluding hydrogens is 479 g/mol. The average Bonchev–Trinajstić information content (AvgIpc) is 3.39. The lowest BCUT2D eigenvalue weighted by atomic mass is 10.0. The number of aryl methyl sites for hydroxylation is 2. The van der Waals surface area contributed by atoms with Crippen LogP contribution >= 0.6 is 11.3 Å². The van der Waals surface area contributed by atoms with Crippen molar-refractivity contribution >= 4 is 57.7 Å². The lowest BCUT2D eigenvalue weighted by molar-refractivity contribution is -0.111. The van der Waals surface area contributed by atoms with Gasteiger partial charge in [0.05, 0.1) is 10.6 Å². The van der Waals surface area contributed by atoms with E-state index in [2.05, 4.69) is 28.4 Å². The summed E-state index contributed by atoms with van der Waals surface area (Å²) in [5.74, 6) is -1.48. The molecule has 0 saturated heterocycles. The maximum absolute atomic E-state index is 14.8. The number of hydrogen-bond donors (Lipinski definition) is 3. The van der Waals surface area contributed by atoms with Gasteiger partial charge < -0.3 is 16.8 Å². The van der Waals surface area contributed by atoms with Crippen LogP contribution in [0.5, 0.6) is 0 Å². The molecule has 36 heavy (non-hydrogen) atoms. The Morgan fingerprint density at radius 1 is 1.22 bits per heavy atom. The number of primary amides is 1. The molecule has 8 nitrogen and oxygen atoms in total. The first kappa shape index (κ1) is 25.1. The van der Waals surface area contributed by atoms with Gasteiger partial charge in [0.15, 0.2) is 5.82 Å². The molecule has 0 bridgehead atoms. The van der Waals surface area contributed by atoms with Crippen molar-refractivity contribution in [3.05, 3.63) is 67.6 Å². The van der Waals surface area contributed by atoms with Crippen LogP contribution in [0, 0.1) is 19.7 Å². The second-order valence-electron chi connectivity index (χ2n) is 8.70. The van der Waals surface area contributed by atoms with Crippen LogP contribution < -0.4 is 26.5 Å². The van der Waals surface area contributed by atoms with Gasteiger partial charge in [-0.1, -0.05) is 11.6 Å². The number of halogens is 1. The summed E-state index contributed by atoms with van der Waals surface area (Å²) >= 11 is 1.39. The molecule has 4 rings (SSSR count). The minimum Gasteiger partial charge on any atom is -0.398 e. The number of nitrogens with two attached hydrogens (primary N) is 2. The monoisotopic (exact) mass is 506 g/mol. The van der Waals surface area contributed by atoms with Gasteiger partial charge >= 0.3 is 0 Å². The van der Waals surface area contributed by atoms with Crippen LogP contribution in [0.4, 0.5) is 15.9 Å². The summed E-state index contributed by atoms with van der Waals surface area (Å²) in [5, 5.41) is 7.93. The second-order valence-corrected chi connectivity index (χ2v) is 9.75. The van der Waals surface area contributed by atoms with Gasteiger partial charge in [0.1, 0.15) is 11.5 Å². The zero-order chi connectivity index (χ0) is 26.1. The number of nitrogens with one attached hydrogen (secondary N) is 1. The highest BCUT2D eigenvalue weighted by atomic mass is 32.1. The van der Waals surface area contributed by atoms with E-state index in [4.69, 9.17) is 11.5 Å². The van der Waals surface area contributed by atoms with Crippen LogP contribution in [-0.2, 0) is 11.8 Å². The topological polar surface area (TPSA) is 128 Å². The molecule has 0 atom stereocenters. The molecule has 3 aromatic rings. The number of carbonyl (C=O) groups excluding carboxylic acids is 2. The molecule has 0 spiro atoms. The van der Waals surface area contributed by atoms with E-state index in [1.807, 2.05) is 13.0 Å². The number of nitrogens with zero attached hydrogens (tertiary/aromatic N) is 3. The number of fused-ring (bicyclic) bond motifs is 1. The standard InChI is InChI=1S/C26H27FN6O2S/c1-13-6-5-7-16-11-21(36-24(13)16)26(35)31-23-15(3)17(8-9-18(23)27)19(28)12-20(25(29)34)30-22-10-14(2)33(4)32-22/h7-12H,5-6,28H2,1-4H3,(H2,29,34)(H,31,35). The van der Waals surface area contributed by atoms with Crippen LogP contribution in [0.25, 0.3) is 17.3 Å². The Labute approximate surface area is 211 Å². The molecule has 0 unspecified atom stereocenters. The maximum Gasteiger partial charge on any atom is 0.267 e. The Kier molecular flexibility index (Phi) is 6.89. The smallest absolute Gasteiger partial charge is 0.267 e. The van der Waals surface area contributed by atoms with E-state index in [1.165, 1.54) is 35.1 Å². The highest BCUT2D eigenvalue weighted by molar-refractivity contribution is 7.12. The molecular formula is C26H27FN6O2S. The minimum atomic E-state index is -0.792. The molecule has 2 amide bonds. The molecule has 0 radical (unpaired) electrons. The highest BCUT2D eigenvalue weighted by Crippen LogP contribution is 2.27. The van der Waals surface area contributed by atoms with Gasteiger partial charge in [-0.25, -0.2) is 9.38 Å². The molecule has 1 aliphatic rings. The van der Waals surface area contributed by atoms with E-state index in [1.54, 1.807) is 24.7 Å². The quantitative estimate of drug-likeness (QED) is 0.444. The molecule has 2 heterocycles. The van der Waals surface area contributed by atoms with Crippen LogP contribution in [-0.4, -0.2) is 27.3 Å². The first-order valence-corrected chi connectivity index (χ1v) is 12.1. The van der Waals surface area contributed by atoms with Crippen LogP contribution in [0.1, 0.15) is 46.3 Å². The van der Waals surface area contributed by atoms with Gasteiger partial charge in [-0.05, 0) is 68.7 Å². The molecule has 2 aromatic heterocycles. The Bertz CT molecular complexity index is 1560. The van der Waals surface area contributed by atoms with Crippen molar-refractivity contribution < 1.29 is 14.0 Å². The third-order valence-electron chi connectivity index (χ3n) is 6.10. The average molecular weight is 507 g/mol. The van der Waals surface area contributed by atoms with Crippen LogP contribution in [0.15, 0.2) is 35.3 Å². The summed E-state index contributed by atoms with van der Waals surface area (Å²) in [6.07, 6.45) is 5.33. The SMILES string of the molecule is CC1=c2sc(C(=O)Nc3c(F)ccc(C(N)=CC(=Nc4cc(C)n(C)n4)C(N)=O)c3C)cc2=CCC1. The molecule has 10 heteroatoms. The number of thiophene rings is 1. The number of benzene rings is 1. The number of rotatable bonds is 6. The molecule has 0 saturated carbocycles. The summed E-state index contributed by atoms with van der Waals surface area (Å²) in [6, 6.07) is 6.22. The van der Waals surface area contributed by atoms with Crippen molar-refractivity contribution in [1.82, 2.24) is 9.78 Å². The summed E-state index contributed by atoms with van der Waals surface area (Å²) in [7, 11) is 1.75. The number of aromatic nitrogens is 2. The fourth-order valence-corrected chi connectivity index (χ4v) is 5.07. The lowest BCUT2D eigenvalue weighted by Gasteiger charge is -2.14. The Morgan fingerprint density at radius 3 is 2.61 bits per heavy atom. The van der Waals surface area contributed by atoms with E-state index in [0.717, 1.165) is 28.3 Å². The predicted molar refractivity (Wildman–Crippen MR) is 142 cm³/mol. The lowest BCUT2D eigenvalue weighted by Crippen LogP contribution is -2.22. The molecule has 0 fully saturated rings. The fraction of sp³-hybridized carbons (Fsp3) is 0.231. The van der Waals surface area contributed by atoms with Gasteiger partial charge in [-0.15, -0.1) is 11.3 Å². The van der Waals surface area contributed by atoms with Crippen molar-refractivity contribution in [2.45, 2.75) is 33.6 Å². The number of carbonyl (C=O) groups is 2. The van der Waals surface area contributed by atoms with E-state index < -0.39 is 17.6 Å². The minimum absolute atomic E-state index is 0.0165. The van der Waals surface area contributed by atoms with Crippen molar-refractivity contribution in [2.75, 3.05) is 5.32 Å². The molecule has 5 N–H and O–H groups in total. The van der Waals surface area contributed by atoms with Crippen molar-refractivity contribution in [1.29, 1.82) is 0 Å². The van der Waals surface area contributed by atoms with E-state index in [9.17, 15) is 14.0 Å². The summed E-state index contributed by atoms with van der Waals surface area (Å²) in [5.41, 5.74) is 14.8. The Hall–Kier alpha value is -4.05. The third-order valence-corrected chi connectivity index (χ3v) is 7.41. The summed E-state index contributed by atoms with van der Waals surface area (Å²) in [4.78, 5) is 29.7. The fourth-order valence-electron chi connectivity index (χ4n) is 3.98. The van der Waals surface area contributed by atoms with E-state index in [0.29, 0.717) is 21.8 Å². The second kappa shape index (κ2) is 9.90. The van der Waals surface area contributed by atoms with Crippen molar-refractivity contribution in [3.63, 3.8) is 0 Å². The molecule has 1 aromatic carbocycles. The third kappa shape index (κ3) is 4.99. The first-order valence-electron chi connectivity index (χ1n) is 11.3. The number of anilines is 1. The van der Waals surface area contributed by atoms with Crippen LogP contribution in [0.3, 0.4) is 0 Å². The van der Waals surface area contributed by atoms with Crippen molar-refractivity contribution in [2.24, 2.45) is 23.5 Å². The summed E-state index contributed by atoms with van der Waals surface area (Å²) < 4.78 is 17.5. The Morgan fingerprint density at radius 2 is 1.97 bits per heavy atom. The van der Waals surface area contributed by atoms with E-state index in [-0.39, 0.29) is 17.1 Å². The number of aliphatic imine (C=N–C) groups is 1. The van der Waals surface area contributed by atoms with Crippen molar-refractivity contribution in [3.8, 4) is 0 Å². The zero-order valence-electron chi connectivity index (χ0n) is 20.5. The van der Waals surface area contributed by atoms with Gasteiger partial charge in [-0.3, -0.25) is 14.3 Å². The highest BCUT2D eigenvalue weighted by Gasteiger charge is 2.18.